The number of benzene rings is 1. The summed E-state index contributed by atoms with van der Waals surface area (Å²) in [5, 5.41) is 15.4. The highest BCUT2D eigenvalue weighted by molar-refractivity contribution is 7.87. The monoisotopic (exact) mass is 656 g/mol. The molecule has 3 aliphatic rings. The Hall–Kier alpha value is -3.54. The van der Waals surface area contributed by atoms with Gasteiger partial charge in [-0.25, -0.2) is 32.5 Å². The fraction of sp³-hybridized carbons (Fsp3) is 0.481. The topological polar surface area (TPSA) is 154 Å². The predicted molar refractivity (Wildman–Crippen MR) is 154 cm³/mol. The number of fused-ring (bicyclic) bond motifs is 1. The molecule has 0 spiro atoms. The van der Waals surface area contributed by atoms with Crippen molar-refractivity contribution in [2.24, 2.45) is 4.99 Å². The van der Waals surface area contributed by atoms with Gasteiger partial charge in [0, 0.05) is 36.4 Å². The lowest BCUT2D eigenvalue weighted by molar-refractivity contribution is -0.133. The van der Waals surface area contributed by atoms with Crippen molar-refractivity contribution in [3.8, 4) is 0 Å². The van der Waals surface area contributed by atoms with Crippen LogP contribution < -0.4 is 10.0 Å². The summed E-state index contributed by atoms with van der Waals surface area (Å²) in [5.41, 5.74) is -0.782. The number of carbonyl (C=O) groups is 2. The molecule has 12 nitrogen and oxygen atoms in total. The van der Waals surface area contributed by atoms with Crippen LogP contribution in [-0.4, -0.2) is 88.9 Å². The maximum atomic E-state index is 15.6. The second kappa shape index (κ2) is 11.4. The lowest BCUT2D eigenvalue weighted by atomic mass is 9.92. The number of aliphatic imine (C=N–C) groups is 1. The molecule has 5 rings (SSSR count). The summed E-state index contributed by atoms with van der Waals surface area (Å²) >= 11 is 1.21. The Morgan fingerprint density at radius 3 is 2.66 bits per heavy atom. The Bertz CT molecular complexity index is 1640. The molecule has 4 heterocycles. The van der Waals surface area contributed by atoms with Gasteiger partial charge in [0.15, 0.2) is 10.8 Å². The Morgan fingerprint density at radius 1 is 1.30 bits per heavy atom. The molecule has 44 heavy (non-hydrogen) atoms. The summed E-state index contributed by atoms with van der Waals surface area (Å²) in [6.45, 7) is 4.55. The number of ether oxygens (including phenoxy) is 1. The number of rotatable bonds is 7. The molecule has 0 saturated carbocycles. The Labute approximate surface area is 255 Å². The van der Waals surface area contributed by atoms with E-state index in [0.29, 0.717) is 9.31 Å². The van der Waals surface area contributed by atoms with Crippen molar-refractivity contribution in [3.63, 3.8) is 0 Å². The van der Waals surface area contributed by atoms with E-state index in [9.17, 15) is 27.5 Å². The lowest BCUT2D eigenvalue weighted by Crippen LogP contribution is -2.53. The SMILES string of the molecule is Cc1c(F)cccc1C1N=C(c2nccs2)NC(CN2CC(F)(F)C3C2CCN3S(=O)(=O)NC(=O)OC(C)(C)C)=C1C(=O)O. The minimum Gasteiger partial charge on any atom is -0.478 e. The molecule has 3 N–H and O–H groups in total. The number of alkyl halides is 2. The highest BCUT2D eigenvalue weighted by Crippen LogP contribution is 2.43. The van der Waals surface area contributed by atoms with Crippen LogP contribution in [0, 0.1) is 12.7 Å². The van der Waals surface area contributed by atoms with E-state index in [-0.39, 0.29) is 47.7 Å². The van der Waals surface area contributed by atoms with Crippen molar-refractivity contribution in [1.29, 1.82) is 0 Å². The molecule has 0 radical (unpaired) electrons. The number of thiazole rings is 1. The molecule has 1 aromatic heterocycles. The zero-order chi connectivity index (χ0) is 32.2. The number of amides is 1. The lowest BCUT2D eigenvalue weighted by Gasteiger charge is -2.30. The van der Waals surface area contributed by atoms with Gasteiger partial charge >= 0.3 is 22.3 Å². The molecule has 0 bridgehead atoms. The van der Waals surface area contributed by atoms with Gasteiger partial charge in [-0.15, -0.1) is 11.3 Å². The van der Waals surface area contributed by atoms with Crippen molar-refractivity contribution < 1.29 is 41.0 Å². The van der Waals surface area contributed by atoms with Gasteiger partial charge in [0.25, 0.3) is 5.92 Å². The summed E-state index contributed by atoms with van der Waals surface area (Å²) in [6.07, 6.45) is 0.215. The largest absolute Gasteiger partial charge is 0.478 e. The summed E-state index contributed by atoms with van der Waals surface area (Å²) in [7, 11) is -4.71. The zero-order valence-electron chi connectivity index (χ0n) is 24.2. The zero-order valence-corrected chi connectivity index (χ0v) is 25.8. The smallest absolute Gasteiger partial charge is 0.422 e. The van der Waals surface area contributed by atoms with Crippen LogP contribution in [0.1, 0.15) is 49.4 Å². The number of carboxylic acid groups (broad SMARTS) is 1. The first-order valence-electron chi connectivity index (χ1n) is 13.6. The van der Waals surface area contributed by atoms with E-state index in [0.717, 1.165) is 0 Å². The second-order valence-corrected chi connectivity index (χ2v) is 14.2. The Morgan fingerprint density at radius 2 is 2.02 bits per heavy atom. The number of halogens is 3. The quantitative estimate of drug-likeness (QED) is 0.408. The third kappa shape index (κ3) is 6.18. The third-order valence-corrected chi connectivity index (χ3v) is 9.74. The molecule has 1 amide bonds. The van der Waals surface area contributed by atoms with Gasteiger partial charge < -0.3 is 15.2 Å². The van der Waals surface area contributed by atoms with E-state index in [1.165, 1.54) is 62.3 Å². The molecular formula is C27H31F3N6O6S2. The normalized spacial score (nSPS) is 24.1. The molecule has 1 aromatic carbocycles. The Kier molecular flexibility index (Phi) is 8.28. The maximum absolute atomic E-state index is 15.6. The molecular weight excluding hydrogens is 625 g/mol. The molecule has 238 valence electrons. The van der Waals surface area contributed by atoms with Crippen LogP contribution in [0.3, 0.4) is 0 Å². The minimum absolute atomic E-state index is 0.00890. The maximum Gasteiger partial charge on any atom is 0.422 e. The number of aliphatic carboxylic acids is 1. The molecule has 3 aliphatic heterocycles. The number of carbonyl (C=O) groups excluding carboxylic acids is 1. The van der Waals surface area contributed by atoms with Crippen LogP contribution in [0.2, 0.25) is 0 Å². The predicted octanol–water partition coefficient (Wildman–Crippen LogP) is 3.18. The third-order valence-electron chi connectivity index (χ3n) is 7.51. The molecule has 17 heteroatoms. The molecule has 3 unspecified atom stereocenters. The average molecular weight is 657 g/mol. The fourth-order valence-corrected chi connectivity index (χ4v) is 7.68. The average Bonchev–Trinajstić information content (AvgIpc) is 3.63. The van der Waals surface area contributed by atoms with Crippen LogP contribution >= 0.6 is 11.3 Å². The number of likely N-dealkylation sites (tertiary alicyclic amines) is 1. The van der Waals surface area contributed by atoms with Crippen molar-refractivity contribution >= 4 is 39.4 Å². The van der Waals surface area contributed by atoms with Gasteiger partial charge in [-0.3, -0.25) is 9.89 Å². The number of amidine groups is 1. The van der Waals surface area contributed by atoms with Crippen LogP contribution in [0.4, 0.5) is 18.0 Å². The first-order chi connectivity index (χ1) is 20.5. The van der Waals surface area contributed by atoms with Gasteiger partial charge in [-0.2, -0.15) is 12.7 Å². The van der Waals surface area contributed by atoms with Crippen molar-refractivity contribution in [3.05, 3.63) is 63.0 Å². The fourth-order valence-electron chi connectivity index (χ4n) is 5.78. The van der Waals surface area contributed by atoms with Gasteiger partial charge in [-0.1, -0.05) is 12.1 Å². The highest BCUT2D eigenvalue weighted by atomic mass is 32.2. The van der Waals surface area contributed by atoms with E-state index >= 15 is 8.78 Å². The van der Waals surface area contributed by atoms with Gasteiger partial charge in [0.2, 0.25) is 0 Å². The number of nitrogens with zero attached hydrogens (tertiary/aromatic N) is 4. The van der Waals surface area contributed by atoms with Gasteiger partial charge in [0.1, 0.15) is 23.5 Å². The summed E-state index contributed by atoms with van der Waals surface area (Å²) in [5.74, 6) is -5.31. The summed E-state index contributed by atoms with van der Waals surface area (Å²) in [4.78, 5) is 35.0. The molecule has 2 aromatic rings. The standard InChI is InChI=1S/C27H31F3N6O6S2/c1-14-15(6-5-7-16(14)28)20-19(24(37)38)17(32-22(33-20)23-31-9-11-43-23)12-35-13-27(29,30)21-18(35)8-10-36(21)44(40,41)34-25(39)42-26(2,3)4/h5-7,9,11,18,20-21H,8,10,12-13H2,1-4H3,(H,32,33)(H,34,39)(H,37,38). The highest BCUT2D eigenvalue weighted by Gasteiger charge is 2.62. The van der Waals surface area contributed by atoms with E-state index in [4.69, 9.17) is 4.74 Å². The van der Waals surface area contributed by atoms with Crippen LogP contribution in [0.15, 0.2) is 46.0 Å². The van der Waals surface area contributed by atoms with Crippen LogP contribution in [0.5, 0.6) is 0 Å². The van der Waals surface area contributed by atoms with Crippen LogP contribution in [0.25, 0.3) is 0 Å². The van der Waals surface area contributed by atoms with E-state index < -0.39 is 64.3 Å². The van der Waals surface area contributed by atoms with Crippen LogP contribution in [-0.2, 0) is 19.7 Å². The number of nitrogens with one attached hydrogen (secondary N) is 2. The molecule has 2 fully saturated rings. The van der Waals surface area contributed by atoms with E-state index in [1.807, 2.05) is 0 Å². The number of hydrogen-bond acceptors (Lipinski definition) is 10. The first kappa shape index (κ1) is 31.9. The van der Waals surface area contributed by atoms with Gasteiger partial charge in [-0.05, 0) is 51.3 Å². The molecule has 2 saturated heterocycles. The summed E-state index contributed by atoms with van der Waals surface area (Å²) in [6, 6.07) is 0.197. The Balaban J connectivity index is 1.48. The van der Waals surface area contributed by atoms with Gasteiger partial charge in [0.05, 0.1) is 12.1 Å². The summed E-state index contributed by atoms with van der Waals surface area (Å²) < 4.78 is 79.1. The first-order valence-corrected chi connectivity index (χ1v) is 15.9. The molecule has 0 aliphatic carbocycles. The second-order valence-electron chi connectivity index (χ2n) is 11.7. The van der Waals surface area contributed by atoms with Crippen molar-refractivity contribution in [1.82, 2.24) is 24.2 Å². The minimum atomic E-state index is -4.71. The number of hydrogen-bond donors (Lipinski definition) is 3. The van der Waals surface area contributed by atoms with Crippen molar-refractivity contribution in [2.45, 2.75) is 63.8 Å². The number of carboxylic acids is 1. The van der Waals surface area contributed by atoms with E-state index in [2.05, 4.69) is 15.3 Å². The molecule has 3 atom stereocenters. The van der Waals surface area contributed by atoms with E-state index in [1.54, 1.807) is 16.2 Å². The van der Waals surface area contributed by atoms with Crippen molar-refractivity contribution in [2.75, 3.05) is 19.6 Å². The number of aromatic nitrogens is 1.